The Morgan fingerprint density at radius 1 is 1.17 bits per heavy atom. The molecule has 1 fully saturated rings. The summed E-state index contributed by atoms with van der Waals surface area (Å²) in [5.41, 5.74) is 2.04. The van der Waals surface area contributed by atoms with Gasteiger partial charge in [0.25, 0.3) is 5.95 Å². The standard InChI is InChI=1S/C18H10F3N5O2.C5H11NOS/c19-12-7-23-18(24-8-12)26-14-4-10(9-27)6-22-16(14)15(25-26)11-2-1-3-13(5-11)28-17(20)21;1-5(6-2)3-8(7)4-5/h1-9,17H;6H,3-4H2,1-2H3. The van der Waals surface area contributed by atoms with Crippen molar-refractivity contribution < 1.29 is 26.9 Å². The minimum atomic E-state index is -2.97. The summed E-state index contributed by atoms with van der Waals surface area (Å²) in [6, 6.07) is 7.48. The minimum Gasteiger partial charge on any atom is -0.435 e. The van der Waals surface area contributed by atoms with E-state index in [4.69, 9.17) is 0 Å². The maximum atomic E-state index is 13.2. The fourth-order valence-corrected chi connectivity index (χ4v) is 5.10. The Bertz CT molecular complexity index is 1410. The number of aldehydes is 1. The number of aromatic nitrogens is 5. The van der Waals surface area contributed by atoms with Crippen molar-refractivity contribution in [2.75, 3.05) is 18.6 Å². The van der Waals surface area contributed by atoms with Crippen LogP contribution in [-0.2, 0) is 10.8 Å². The first-order valence-electron chi connectivity index (χ1n) is 10.6. The zero-order valence-electron chi connectivity index (χ0n) is 19.2. The van der Waals surface area contributed by atoms with E-state index in [1.807, 2.05) is 7.05 Å². The predicted molar refractivity (Wildman–Crippen MR) is 127 cm³/mol. The van der Waals surface area contributed by atoms with Gasteiger partial charge in [-0.15, -0.1) is 0 Å². The van der Waals surface area contributed by atoms with Crippen molar-refractivity contribution >= 4 is 28.1 Å². The molecule has 1 aliphatic rings. The van der Waals surface area contributed by atoms with Gasteiger partial charge < -0.3 is 10.1 Å². The van der Waals surface area contributed by atoms with Crippen LogP contribution in [-0.4, -0.2) is 65.9 Å². The van der Waals surface area contributed by atoms with Gasteiger partial charge in [-0.3, -0.25) is 14.0 Å². The summed E-state index contributed by atoms with van der Waals surface area (Å²) < 4.78 is 54.5. The van der Waals surface area contributed by atoms with Crippen LogP contribution in [0.2, 0.25) is 0 Å². The van der Waals surface area contributed by atoms with E-state index in [9.17, 15) is 22.2 Å². The molecule has 0 aliphatic carbocycles. The number of ether oxygens (including phenoxy) is 1. The lowest BCUT2D eigenvalue weighted by atomic mass is 10.1. The quantitative estimate of drug-likeness (QED) is 0.388. The van der Waals surface area contributed by atoms with Gasteiger partial charge >= 0.3 is 6.61 Å². The number of nitrogens with one attached hydrogen (secondary N) is 1. The van der Waals surface area contributed by atoms with Gasteiger partial charge in [-0.25, -0.2) is 14.4 Å². The van der Waals surface area contributed by atoms with Crippen LogP contribution in [0.15, 0.2) is 48.9 Å². The molecule has 1 aliphatic heterocycles. The average molecular weight is 519 g/mol. The lowest BCUT2D eigenvalue weighted by Crippen LogP contribution is -2.58. The highest BCUT2D eigenvalue weighted by Crippen LogP contribution is 2.30. The third kappa shape index (κ3) is 5.57. The van der Waals surface area contributed by atoms with Crippen molar-refractivity contribution in [2.24, 2.45) is 0 Å². The molecule has 0 saturated carbocycles. The van der Waals surface area contributed by atoms with Crippen LogP contribution in [0, 0.1) is 5.82 Å². The molecule has 1 aromatic carbocycles. The van der Waals surface area contributed by atoms with Crippen LogP contribution in [0.4, 0.5) is 13.2 Å². The van der Waals surface area contributed by atoms with Crippen LogP contribution in [0.5, 0.6) is 5.75 Å². The molecule has 9 nitrogen and oxygen atoms in total. The van der Waals surface area contributed by atoms with Crippen molar-refractivity contribution in [1.82, 2.24) is 30.0 Å². The van der Waals surface area contributed by atoms with E-state index in [1.165, 1.54) is 35.1 Å². The van der Waals surface area contributed by atoms with Gasteiger partial charge in [0, 0.05) is 45.2 Å². The van der Waals surface area contributed by atoms with Crippen molar-refractivity contribution in [1.29, 1.82) is 0 Å². The van der Waals surface area contributed by atoms with E-state index in [-0.39, 0.29) is 22.8 Å². The largest absolute Gasteiger partial charge is 0.435 e. The minimum absolute atomic E-state index is 0.0438. The van der Waals surface area contributed by atoms with Crippen LogP contribution >= 0.6 is 0 Å². The summed E-state index contributed by atoms with van der Waals surface area (Å²) in [5.74, 6) is 1.04. The number of carbonyl (C=O) groups excluding carboxylic acids is 1. The molecule has 4 heterocycles. The molecule has 0 spiro atoms. The molecule has 1 N–H and O–H groups in total. The number of halogens is 3. The number of rotatable bonds is 6. The van der Waals surface area contributed by atoms with Gasteiger partial charge in [0.1, 0.15) is 17.0 Å². The molecule has 0 radical (unpaired) electrons. The zero-order chi connectivity index (χ0) is 25.9. The Hall–Kier alpha value is -3.71. The average Bonchev–Trinajstić information content (AvgIpc) is 3.22. The highest BCUT2D eigenvalue weighted by atomic mass is 32.2. The molecule has 13 heteroatoms. The zero-order valence-corrected chi connectivity index (χ0v) is 20.0. The van der Waals surface area contributed by atoms with Crippen LogP contribution in [0.1, 0.15) is 17.3 Å². The fraction of sp³-hybridized carbons (Fsp3) is 0.261. The van der Waals surface area contributed by atoms with Crippen LogP contribution in [0.3, 0.4) is 0 Å². The smallest absolute Gasteiger partial charge is 0.387 e. The topological polar surface area (TPSA) is 112 Å². The second-order valence-electron chi connectivity index (χ2n) is 8.16. The Morgan fingerprint density at radius 2 is 1.89 bits per heavy atom. The van der Waals surface area contributed by atoms with Crippen LogP contribution in [0.25, 0.3) is 28.2 Å². The summed E-state index contributed by atoms with van der Waals surface area (Å²) in [4.78, 5) is 23.2. The Morgan fingerprint density at radius 3 is 2.47 bits per heavy atom. The molecule has 1 saturated heterocycles. The first-order chi connectivity index (χ1) is 17.2. The predicted octanol–water partition coefficient (Wildman–Crippen LogP) is 3.16. The number of pyridine rings is 1. The van der Waals surface area contributed by atoms with E-state index in [0.29, 0.717) is 28.6 Å². The molecular weight excluding hydrogens is 497 g/mol. The lowest BCUT2D eigenvalue weighted by molar-refractivity contribution is -0.0498. The number of fused-ring (bicyclic) bond motifs is 1. The van der Waals surface area contributed by atoms with Crippen molar-refractivity contribution in [3.05, 3.63) is 60.3 Å². The second kappa shape index (κ2) is 10.5. The highest BCUT2D eigenvalue weighted by Gasteiger charge is 2.36. The van der Waals surface area contributed by atoms with Gasteiger partial charge in [-0.05, 0) is 32.2 Å². The fourth-order valence-electron chi connectivity index (χ4n) is 3.47. The number of hydrogen-bond acceptors (Lipinski definition) is 8. The van der Waals surface area contributed by atoms with Gasteiger partial charge in [0.2, 0.25) is 0 Å². The van der Waals surface area contributed by atoms with E-state index in [2.05, 4.69) is 37.0 Å². The maximum absolute atomic E-state index is 13.2. The van der Waals surface area contributed by atoms with Crippen molar-refractivity contribution in [3.63, 3.8) is 0 Å². The van der Waals surface area contributed by atoms with Gasteiger partial charge in [-0.2, -0.15) is 18.6 Å². The number of hydrogen-bond donors (Lipinski definition) is 1. The second-order valence-corrected chi connectivity index (χ2v) is 9.62. The Kier molecular flexibility index (Phi) is 7.40. The van der Waals surface area contributed by atoms with Crippen molar-refractivity contribution in [2.45, 2.75) is 19.1 Å². The summed E-state index contributed by atoms with van der Waals surface area (Å²) >= 11 is 0. The van der Waals surface area contributed by atoms with Gasteiger partial charge in [0.05, 0.1) is 17.9 Å². The molecule has 0 atom stereocenters. The summed E-state index contributed by atoms with van der Waals surface area (Å²) in [6.45, 7) is -0.876. The first-order valence-corrected chi connectivity index (χ1v) is 12.1. The van der Waals surface area contributed by atoms with Crippen molar-refractivity contribution in [3.8, 4) is 23.0 Å². The van der Waals surface area contributed by atoms with Gasteiger partial charge in [-0.1, -0.05) is 12.1 Å². The molecule has 4 aromatic rings. The molecule has 5 rings (SSSR count). The Balaban J connectivity index is 0.000000325. The van der Waals surface area contributed by atoms with Crippen LogP contribution < -0.4 is 10.1 Å². The highest BCUT2D eigenvalue weighted by molar-refractivity contribution is 7.86. The first kappa shape index (κ1) is 25.4. The third-order valence-electron chi connectivity index (χ3n) is 5.37. The third-order valence-corrected chi connectivity index (χ3v) is 7.29. The molecule has 0 unspecified atom stereocenters. The summed E-state index contributed by atoms with van der Waals surface area (Å²) in [6.07, 6.45) is 3.93. The van der Waals surface area contributed by atoms with E-state index in [1.54, 1.807) is 6.07 Å². The molecule has 0 bridgehead atoms. The van der Waals surface area contributed by atoms with Gasteiger partial charge in [0.15, 0.2) is 12.1 Å². The normalized spacial score (nSPS) is 18.9. The number of carbonyl (C=O) groups is 1. The van der Waals surface area contributed by atoms with E-state index < -0.39 is 23.2 Å². The SMILES string of the molecule is CNC1(C)CS(=O)C1.O=Cc1cnc2c(-c3cccc(OC(F)F)c3)nn(-c3ncc(F)cn3)c2c1. The monoisotopic (exact) mass is 518 g/mol. The number of nitrogens with zero attached hydrogens (tertiary/aromatic N) is 5. The summed E-state index contributed by atoms with van der Waals surface area (Å²) in [5, 5.41) is 7.52. The Labute approximate surface area is 206 Å². The molecule has 36 heavy (non-hydrogen) atoms. The molecule has 3 aromatic heterocycles. The number of alkyl halides is 2. The molecular formula is C23H21F3N6O3S. The van der Waals surface area contributed by atoms with E-state index >= 15 is 0 Å². The molecule has 0 amide bonds. The maximum Gasteiger partial charge on any atom is 0.387 e. The number of benzene rings is 1. The van der Waals surface area contributed by atoms with E-state index in [0.717, 1.165) is 23.9 Å². The lowest BCUT2D eigenvalue weighted by Gasteiger charge is -2.36. The molecule has 188 valence electrons. The summed E-state index contributed by atoms with van der Waals surface area (Å²) in [7, 11) is 1.39.